The SMILES string of the molecule is CC(C)OC(=O)c1ccnc(F)c1F. The van der Waals surface area contributed by atoms with Crippen LogP contribution in [-0.4, -0.2) is 17.1 Å². The summed E-state index contributed by atoms with van der Waals surface area (Å²) in [6, 6.07) is 1.07. The maximum atomic E-state index is 13.0. The van der Waals surface area contributed by atoms with E-state index in [0.29, 0.717) is 0 Å². The summed E-state index contributed by atoms with van der Waals surface area (Å²) in [7, 11) is 0. The van der Waals surface area contributed by atoms with Gasteiger partial charge >= 0.3 is 5.97 Å². The molecule has 0 saturated heterocycles. The molecule has 0 amide bonds. The van der Waals surface area contributed by atoms with Crippen LogP contribution in [0, 0.1) is 11.8 Å². The minimum Gasteiger partial charge on any atom is -0.459 e. The van der Waals surface area contributed by atoms with Gasteiger partial charge in [-0.2, -0.15) is 4.39 Å². The van der Waals surface area contributed by atoms with Crippen LogP contribution in [0.1, 0.15) is 24.2 Å². The minimum atomic E-state index is -1.30. The standard InChI is InChI=1S/C9H9F2NO2/c1-5(2)14-9(13)6-3-4-12-8(11)7(6)10/h3-5H,1-2H3. The quantitative estimate of drug-likeness (QED) is 0.542. The monoisotopic (exact) mass is 201 g/mol. The average molecular weight is 201 g/mol. The van der Waals surface area contributed by atoms with Crippen molar-refractivity contribution in [2.75, 3.05) is 0 Å². The molecule has 0 spiro atoms. The number of nitrogens with zero attached hydrogens (tertiary/aromatic N) is 1. The maximum Gasteiger partial charge on any atom is 0.341 e. The zero-order chi connectivity index (χ0) is 10.7. The van der Waals surface area contributed by atoms with Gasteiger partial charge in [-0.25, -0.2) is 14.2 Å². The van der Waals surface area contributed by atoms with Crippen LogP contribution in [0.5, 0.6) is 0 Å². The van der Waals surface area contributed by atoms with Gasteiger partial charge in [0.15, 0.2) is 5.82 Å². The van der Waals surface area contributed by atoms with Crippen molar-refractivity contribution >= 4 is 5.97 Å². The van der Waals surface area contributed by atoms with Crippen molar-refractivity contribution in [1.82, 2.24) is 4.98 Å². The van der Waals surface area contributed by atoms with Crippen LogP contribution in [0.15, 0.2) is 12.3 Å². The van der Waals surface area contributed by atoms with E-state index in [1.165, 1.54) is 0 Å². The molecule has 1 heterocycles. The zero-order valence-electron chi connectivity index (χ0n) is 7.75. The van der Waals surface area contributed by atoms with E-state index in [9.17, 15) is 13.6 Å². The summed E-state index contributed by atoms with van der Waals surface area (Å²) in [5.41, 5.74) is -0.439. The van der Waals surface area contributed by atoms with E-state index >= 15 is 0 Å². The number of carbonyl (C=O) groups is 1. The number of halogens is 2. The fraction of sp³-hybridized carbons (Fsp3) is 0.333. The van der Waals surface area contributed by atoms with Crippen molar-refractivity contribution in [3.63, 3.8) is 0 Å². The lowest BCUT2D eigenvalue weighted by Crippen LogP contribution is -2.14. The fourth-order valence-corrected chi connectivity index (χ4v) is 0.853. The van der Waals surface area contributed by atoms with Gasteiger partial charge in [0, 0.05) is 6.20 Å². The molecule has 0 aromatic carbocycles. The second kappa shape index (κ2) is 4.13. The van der Waals surface area contributed by atoms with Crippen molar-refractivity contribution < 1.29 is 18.3 Å². The minimum absolute atomic E-state index is 0.377. The van der Waals surface area contributed by atoms with Gasteiger partial charge in [-0.3, -0.25) is 0 Å². The summed E-state index contributed by atoms with van der Waals surface area (Å²) in [6.07, 6.45) is 0.633. The summed E-state index contributed by atoms with van der Waals surface area (Å²) in [5.74, 6) is -3.47. The number of hydrogen-bond acceptors (Lipinski definition) is 3. The molecule has 0 atom stereocenters. The van der Waals surface area contributed by atoms with E-state index in [-0.39, 0.29) is 6.10 Å². The zero-order valence-corrected chi connectivity index (χ0v) is 7.75. The number of esters is 1. The molecule has 76 valence electrons. The fourth-order valence-electron chi connectivity index (χ4n) is 0.853. The highest BCUT2D eigenvalue weighted by molar-refractivity contribution is 5.89. The van der Waals surface area contributed by atoms with Crippen LogP contribution >= 0.6 is 0 Å². The van der Waals surface area contributed by atoms with Crippen molar-refractivity contribution in [3.8, 4) is 0 Å². The molecule has 0 aliphatic heterocycles. The Bertz CT molecular complexity index is 353. The topological polar surface area (TPSA) is 39.2 Å². The highest BCUT2D eigenvalue weighted by Gasteiger charge is 2.17. The van der Waals surface area contributed by atoms with Gasteiger partial charge in [-0.05, 0) is 19.9 Å². The van der Waals surface area contributed by atoms with E-state index in [1.807, 2.05) is 0 Å². The number of ether oxygens (including phenoxy) is 1. The van der Waals surface area contributed by atoms with Crippen LogP contribution in [-0.2, 0) is 4.74 Å². The molecule has 0 radical (unpaired) electrons. The van der Waals surface area contributed by atoms with Gasteiger partial charge < -0.3 is 4.74 Å². The van der Waals surface area contributed by atoms with Gasteiger partial charge in [-0.1, -0.05) is 0 Å². The van der Waals surface area contributed by atoms with E-state index < -0.39 is 23.3 Å². The van der Waals surface area contributed by atoms with Crippen LogP contribution < -0.4 is 0 Å². The number of carbonyl (C=O) groups excluding carboxylic acids is 1. The molecule has 1 aromatic rings. The number of pyridine rings is 1. The van der Waals surface area contributed by atoms with Crippen molar-refractivity contribution in [3.05, 3.63) is 29.6 Å². The summed E-state index contributed by atoms with van der Waals surface area (Å²) in [5, 5.41) is 0. The third kappa shape index (κ3) is 2.25. The summed E-state index contributed by atoms with van der Waals surface area (Å²) in [4.78, 5) is 14.2. The van der Waals surface area contributed by atoms with Crippen LogP contribution in [0.4, 0.5) is 8.78 Å². The Morgan fingerprint density at radius 2 is 2.14 bits per heavy atom. The summed E-state index contributed by atoms with van der Waals surface area (Å²) < 4.78 is 30.2. The molecule has 0 bridgehead atoms. The van der Waals surface area contributed by atoms with Gasteiger partial charge in [0.25, 0.3) is 0 Å². The first-order valence-electron chi connectivity index (χ1n) is 4.03. The highest BCUT2D eigenvalue weighted by Crippen LogP contribution is 2.11. The molecule has 1 aromatic heterocycles. The summed E-state index contributed by atoms with van der Waals surface area (Å²) in [6.45, 7) is 3.24. The Hall–Kier alpha value is -1.52. The second-order valence-electron chi connectivity index (χ2n) is 2.92. The highest BCUT2D eigenvalue weighted by atomic mass is 19.2. The van der Waals surface area contributed by atoms with Crippen molar-refractivity contribution in [2.24, 2.45) is 0 Å². The number of rotatable bonds is 2. The molecule has 0 N–H and O–H groups in total. The molecule has 0 aliphatic rings. The summed E-state index contributed by atoms with van der Waals surface area (Å²) >= 11 is 0. The molecule has 0 aliphatic carbocycles. The lowest BCUT2D eigenvalue weighted by Gasteiger charge is -2.07. The molecule has 3 nitrogen and oxygen atoms in total. The Morgan fingerprint density at radius 3 is 2.71 bits per heavy atom. The van der Waals surface area contributed by atoms with Crippen molar-refractivity contribution in [1.29, 1.82) is 0 Å². The van der Waals surface area contributed by atoms with Gasteiger partial charge in [0.1, 0.15) is 5.56 Å². The Labute approximate surface area is 79.7 Å². The second-order valence-corrected chi connectivity index (χ2v) is 2.92. The number of hydrogen-bond donors (Lipinski definition) is 0. The average Bonchev–Trinajstić information content (AvgIpc) is 2.08. The first-order valence-corrected chi connectivity index (χ1v) is 4.03. The molecular formula is C9H9F2NO2. The first-order chi connectivity index (χ1) is 6.52. The lowest BCUT2D eigenvalue weighted by atomic mass is 10.2. The van der Waals surface area contributed by atoms with E-state index in [4.69, 9.17) is 4.74 Å². The predicted octanol–water partition coefficient (Wildman–Crippen LogP) is 1.93. The molecule has 0 saturated carbocycles. The first kappa shape index (κ1) is 10.6. The van der Waals surface area contributed by atoms with E-state index in [0.717, 1.165) is 12.3 Å². The van der Waals surface area contributed by atoms with E-state index in [1.54, 1.807) is 13.8 Å². The van der Waals surface area contributed by atoms with Crippen LogP contribution in [0.3, 0.4) is 0 Å². The Kier molecular flexibility index (Phi) is 3.11. The van der Waals surface area contributed by atoms with Gasteiger partial charge in [0.2, 0.25) is 5.95 Å². The Morgan fingerprint density at radius 1 is 1.50 bits per heavy atom. The van der Waals surface area contributed by atoms with Crippen molar-refractivity contribution in [2.45, 2.75) is 20.0 Å². The smallest absolute Gasteiger partial charge is 0.341 e. The largest absolute Gasteiger partial charge is 0.459 e. The maximum absolute atomic E-state index is 13.0. The molecular weight excluding hydrogens is 192 g/mol. The third-order valence-electron chi connectivity index (χ3n) is 1.41. The normalized spacial score (nSPS) is 10.4. The van der Waals surface area contributed by atoms with Crippen LogP contribution in [0.25, 0.3) is 0 Å². The molecule has 0 unspecified atom stereocenters. The lowest BCUT2D eigenvalue weighted by molar-refractivity contribution is 0.0371. The van der Waals surface area contributed by atoms with E-state index in [2.05, 4.69) is 4.98 Å². The van der Waals surface area contributed by atoms with Gasteiger partial charge in [0.05, 0.1) is 6.10 Å². The number of aromatic nitrogens is 1. The molecule has 0 fully saturated rings. The molecule has 14 heavy (non-hydrogen) atoms. The third-order valence-corrected chi connectivity index (χ3v) is 1.41. The Balaban J connectivity index is 2.96. The predicted molar refractivity (Wildman–Crippen MR) is 44.7 cm³/mol. The van der Waals surface area contributed by atoms with Gasteiger partial charge in [-0.15, -0.1) is 0 Å². The molecule has 1 rings (SSSR count). The van der Waals surface area contributed by atoms with Crippen LogP contribution in [0.2, 0.25) is 0 Å². The molecule has 5 heteroatoms.